The Morgan fingerprint density at radius 2 is 1.68 bits per heavy atom. The molecule has 0 aliphatic heterocycles. The highest BCUT2D eigenvalue weighted by Gasteiger charge is 2.09. The van der Waals surface area contributed by atoms with Crippen molar-refractivity contribution in [1.82, 2.24) is 5.43 Å². The van der Waals surface area contributed by atoms with Crippen LogP contribution in [0.1, 0.15) is 40.4 Å². The van der Waals surface area contributed by atoms with Crippen molar-refractivity contribution in [2.75, 3.05) is 0 Å². The van der Waals surface area contributed by atoms with Gasteiger partial charge in [0.1, 0.15) is 5.75 Å². The summed E-state index contributed by atoms with van der Waals surface area (Å²) in [5, 5.41) is 32.5. The Labute approximate surface area is 146 Å². The van der Waals surface area contributed by atoms with Crippen molar-refractivity contribution in [2.24, 2.45) is 5.10 Å². The Morgan fingerprint density at radius 3 is 2.24 bits per heavy atom. The molecule has 0 aliphatic carbocycles. The van der Waals surface area contributed by atoms with Crippen molar-refractivity contribution >= 4 is 11.6 Å². The van der Waals surface area contributed by atoms with Gasteiger partial charge in [-0.05, 0) is 49.6 Å². The molecule has 2 rings (SSSR count). The molecule has 25 heavy (non-hydrogen) atoms. The van der Waals surface area contributed by atoms with E-state index in [9.17, 15) is 20.1 Å². The van der Waals surface area contributed by atoms with Gasteiger partial charge in [0.05, 0.1) is 13.2 Å². The van der Waals surface area contributed by atoms with E-state index in [0.29, 0.717) is 29.5 Å². The monoisotopic (exact) mass is 342 g/mol. The summed E-state index contributed by atoms with van der Waals surface area (Å²) in [5.41, 5.74) is 5.44. The standard InChI is InChI=1S/C19H22N2O4/c1-13(20-21-19(25)15-5-3-2-4-6-15)7-8-14-9-16(11-22)18(24)17(10-14)12-23/h2-6,9-10,22-24H,7-8,11-12H2,1H3,(H,21,25). The summed E-state index contributed by atoms with van der Waals surface area (Å²) in [5.74, 6) is -0.344. The molecule has 0 saturated heterocycles. The fourth-order valence-electron chi connectivity index (χ4n) is 2.40. The molecule has 0 radical (unpaired) electrons. The molecule has 0 aliphatic rings. The molecule has 0 bridgehead atoms. The molecule has 2 aromatic carbocycles. The van der Waals surface area contributed by atoms with Gasteiger partial charge in [0.25, 0.3) is 5.91 Å². The van der Waals surface area contributed by atoms with E-state index in [4.69, 9.17) is 0 Å². The van der Waals surface area contributed by atoms with E-state index in [0.717, 1.165) is 11.3 Å². The van der Waals surface area contributed by atoms with E-state index in [1.165, 1.54) is 0 Å². The Morgan fingerprint density at radius 1 is 1.08 bits per heavy atom. The number of aromatic hydroxyl groups is 1. The summed E-state index contributed by atoms with van der Waals surface area (Å²) >= 11 is 0. The zero-order valence-corrected chi connectivity index (χ0v) is 14.1. The Bertz CT molecular complexity index is 732. The van der Waals surface area contributed by atoms with Crippen molar-refractivity contribution < 1.29 is 20.1 Å². The maximum atomic E-state index is 11.9. The maximum absolute atomic E-state index is 11.9. The molecule has 0 heterocycles. The molecule has 0 spiro atoms. The van der Waals surface area contributed by atoms with Gasteiger partial charge >= 0.3 is 0 Å². The number of hydrogen-bond acceptors (Lipinski definition) is 5. The minimum absolute atomic E-state index is 0.0748. The van der Waals surface area contributed by atoms with Gasteiger partial charge in [-0.1, -0.05) is 18.2 Å². The minimum Gasteiger partial charge on any atom is -0.507 e. The van der Waals surface area contributed by atoms with Gasteiger partial charge in [-0.2, -0.15) is 5.10 Å². The van der Waals surface area contributed by atoms with Crippen molar-refractivity contribution in [3.8, 4) is 5.75 Å². The van der Waals surface area contributed by atoms with Crippen molar-refractivity contribution in [2.45, 2.75) is 33.0 Å². The number of nitrogens with one attached hydrogen (secondary N) is 1. The average Bonchev–Trinajstić information content (AvgIpc) is 2.65. The number of hydrogen-bond donors (Lipinski definition) is 4. The van der Waals surface area contributed by atoms with E-state index in [-0.39, 0.29) is 24.9 Å². The van der Waals surface area contributed by atoms with E-state index in [1.807, 2.05) is 13.0 Å². The zero-order chi connectivity index (χ0) is 18.2. The van der Waals surface area contributed by atoms with Crippen molar-refractivity contribution in [1.29, 1.82) is 0 Å². The molecule has 0 atom stereocenters. The predicted molar refractivity (Wildman–Crippen MR) is 95.3 cm³/mol. The smallest absolute Gasteiger partial charge is 0.271 e. The highest BCUT2D eigenvalue weighted by atomic mass is 16.3. The largest absolute Gasteiger partial charge is 0.507 e. The second kappa shape index (κ2) is 8.96. The molecule has 0 unspecified atom stereocenters. The van der Waals surface area contributed by atoms with Crippen LogP contribution >= 0.6 is 0 Å². The van der Waals surface area contributed by atoms with Crippen LogP contribution in [0.5, 0.6) is 5.75 Å². The number of benzene rings is 2. The van der Waals surface area contributed by atoms with E-state index in [2.05, 4.69) is 10.5 Å². The van der Waals surface area contributed by atoms with Crippen LogP contribution in [0.15, 0.2) is 47.6 Å². The molecular weight excluding hydrogens is 320 g/mol. The summed E-state index contributed by atoms with van der Waals surface area (Å²) < 4.78 is 0. The van der Waals surface area contributed by atoms with Gasteiger partial charge in [0.2, 0.25) is 0 Å². The first-order chi connectivity index (χ1) is 12.0. The second-order valence-corrected chi connectivity index (χ2v) is 5.73. The van der Waals surface area contributed by atoms with Crippen LogP contribution in [0.3, 0.4) is 0 Å². The lowest BCUT2D eigenvalue weighted by molar-refractivity contribution is 0.0954. The summed E-state index contributed by atoms with van der Waals surface area (Å²) in [7, 11) is 0. The van der Waals surface area contributed by atoms with Gasteiger partial charge in [0, 0.05) is 22.4 Å². The second-order valence-electron chi connectivity index (χ2n) is 5.73. The predicted octanol–water partition coefficient (Wildman–Crippen LogP) is 2.12. The highest BCUT2D eigenvalue weighted by molar-refractivity contribution is 5.95. The van der Waals surface area contributed by atoms with Gasteiger partial charge < -0.3 is 15.3 Å². The number of rotatable bonds is 7. The third kappa shape index (κ3) is 5.14. The fraction of sp³-hybridized carbons (Fsp3) is 0.263. The zero-order valence-electron chi connectivity index (χ0n) is 14.1. The molecular formula is C19H22N2O4. The molecule has 1 amide bonds. The first-order valence-electron chi connectivity index (χ1n) is 7.99. The van der Waals surface area contributed by atoms with E-state index in [1.54, 1.807) is 36.4 Å². The molecule has 0 fully saturated rings. The number of carbonyl (C=O) groups excluding carboxylic acids is 1. The summed E-state index contributed by atoms with van der Waals surface area (Å²) in [6.45, 7) is 1.21. The minimum atomic E-state index is -0.299. The molecule has 0 aromatic heterocycles. The summed E-state index contributed by atoms with van der Waals surface area (Å²) in [4.78, 5) is 11.9. The Kier molecular flexibility index (Phi) is 6.68. The van der Waals surface area contributed by atoms with E-state index < -0.39 is 0 Å². The van der Waals surface area contributed by atoms with Crippen LogP contribution in [0.25, 0.3) is 0 Å². The third-order valence-corrected chi connectivity index (χ3v) is 3.83. The van der Waals surface area contributed by atoms with Crippen molar-refractivity contribution in [3.05, 3.63) is 64.7 Å². The number of phenols is 1. The quantitative estimate of drug-likeness (QED) is 0.457. The molecule has 4 N–H and O–H groups in total. The van der Waals surface area contributed by atoms with Crippen LogP contribution in [0, 0.1) is 0 Å². The van der Waals surface area contributed by atoms with Gasteiger partial charge in [0.15, 0.2) is 0 Å². The number of aliphatic hydroxyl groups is 2. The van der Waals surface area contributed by atoms with Crippen LogP contribution in [0.4, 0.5) is 0 Å². The average molecular weight is 342 g/mol. The molecule has 132 valence electrons. The lowest BCUT2D eigenvalue weighted by atomic mass is 10.0. The van der Waals surface area contributed by atoms with Gasteiger partial charge in [-0.25, -0.2) is 5.43 Å². The number of carbonyl (C=O) groups is 1. The first-order valence-corrected chi connectivity index (χ1v) is 7.99. The van der Waals surface area contributed by atoms with Crippen LogP contribution in [-0.2, 0) is 19.6 Å². The normalized spacial score (nSPS) is 11.4. The van der Waals surface area contributed by atoms with Crippen LogP contribution in [0.2, 0.25) is 0 Å². The van der Waals surface area contributed by atoms with Crippen molar-refractivity contribution in [3.63, 3.8) is 0 Å². The Hall–Kier alpha value is -2.70. The fourth-order valence-corrected chi connectivity index (χ4v) is 2.40. The molecule has 6 nitrogen and oxygen atoms in total. The maximum Gasteiger partial charge on any atom is 0.271 e. The summed E-state index contributed by atoms with van der Waals surface area (Å²) in [6.07, 6.45) is 1.20. The highest BCUT2D eigenvalue weighted by Crippen LogP contribution is 2.25. The van der Waals surface area contributed by atoms with E-state index >= 15 is 0 Å². The summed E-state index contributed by atoms with van der Waals surface area (Å²) in [6, 6.07) is 12.2. The number of nitrogens with zero attached hydrogens (tertiary/aromatic N) is 1. The number of aliphatic hydroxyl groups excluding tert-OH is 2. The van der Waals surface area contributed by atoms with Crippen LogP contribution < -0.4 is 5.43 Å². The lowest BCUT2D eigenvalue weighted by Crippen LogP contribution is -2.19. The number of hydrazone groups is 1. The topological polar surface area (TPSA) is 102 Å². The Balaban J connectivity index is 1.97. The SMILES string of the molecule is CC(CCc1cc(CO)c(O)c(CO)c1)=NNC(=O)c1ccccc1. The number of aryl methyl sites for hydroxylation is 1. The van der Waals surface area contributed by atoms with Gasteiger partial charge in [-0.15, -0.1) is 0 Å². The first kappa shape index (κ1) is 18.6. The molecule has 0 saturated carbocycles. The lowest BCUT2D eigenvalue weighted by Gasteiger charge is -2.10. The third-order valence-electron chi connectivity index (χ3n) is 3.83. The number of amides is 1. The molecule has 6 heteroatoms. The van der Waals surface area contributed by atoms with Crippen LogP contribution in [-0.4, -0.2) is 26.9 Å². The molecule has 2 aromatic rings. The van der Waals surface area contributed by atoms with Gasteiger partial charge in [-0.3, -0.25) is 4.79 Å².